The number of nitrogens with two attached hydrogens (primary N) is 1. The molecule has 0 radical (unpaired) electrons. The monoisotopic (exact) mass is 346 g/mol. The molecule has 0 saturated carbocycles. The van der Waals surface area contributed by atoms with E-state index < -0.39 is 6.03 Å². The van der Waals surface area contributed by atoms with Crippen LogP contribution in [-0.2, 0) is 6.54 Å². The normalized spacial score (nSPS) is 10.6. The zero-order valence-corrected chi connectivity index (χ0v) is 11.7. The third-order valence-electron chi connectivity index (χ3n) is 2.30. The van der Waals surface area contributed by atoms with Crippen molar-refractivity contribution in [3.63, 3.8) is 0 Å². The van der Waals surface area contributed by atoms with Crippen molar-refractivity contribution in [2.45, 2.75) is 6.54 Å². The van der Waals surface area contributed by atoms with Crippen LogP contribution in [0.15, 0.2) is 24.3 Å². The summed E-state index contributed by atoms with van der Waals surface area (Å²) < 4.78 is 2.46. The molecule has 0 aliphatic heterocycles. The SMILES string of the molecule is CN(Cc1cc2cc(I)ccc2s1)C(N)=O. The van der Waals surface area contributed by atoms with Gasteiger partial charge >= 0.3 is 6.03 Å². The average Bonchev–Trinajstić information content (AvgIpc) is 2.58. The van der Waals surface area contributed by atoms with Gasteiger partial charge in [-0.15, -0.1) is 11.3 Å². The van der Waals surface area contributed by atoms with Gasteiger partial charge in [0, 0.05) is 20.2 Å². The van der Waals surface area contributed by atoms with Crippen molar-refractivity contribution < 1.29 is 4.79 Å². The maximum Gasteiger partial charge on any atom is 0.314 e. The molecule has 1 aromatic carbocycles. The molecule has 2 rings (SSSR count). The number of halogens is 1. The number of fused-ring (bicyclic) bond motifs is 1. The molecule has 0 aliphatic carbocycles. The molecule has 5 heteroatoms. The van der Waals surface area contributed by atoms with Crippen LogP contribution in [-0.4, -0.2) is 18.0 Å². The Balaban J connectivity index is 2.29. The Hall–Kier alpha value is -0.820. The highest BCUT2D eigenvalue weighted by Crippen LogP contribution is 2.27. The number of hydrogen-bond acceptors (Lipinski definition) is 2. The van der Waals surface area contributed by atoms with E-state index in [0.717, 1.165) is 4.88 Å². The predicted octanol–water partition coefficient (Wildman–Crippen LogP) is 3.02. The lowest BCUT2D eigenvalue weighted by Crippen LogP contribution is -2.31. The number of urea groups is 1. The predicted molar refractivity (Wildman–Crippen MR) is 75.6 cm³/mol. The molecule has 0 bridgehead atoms. The number of hydrogen-bond donors (Lipinski definition) is 1. The first-order chi connectivity index (χ1) is 7.56. The number of benzene rings is 1. The molecule has 1 heterocycles. The lowest BCUT2D eigenvalue weighted by molar-refractivity contribution is 0.217. The fourth-order valence-electron chi connectivity index (χ4n) is 1.46. The number of carbonyl (C=O) groups is 1. The van der Waals surface area contributed by atoms with Gasteiger partial charge in [-0.05, 0) is 52.2 Å². The van der Waals surface area contributed by atoms with E-state index in [-0.39, 0.29) is 0 Å². The molecule has 3 nitrogen and oxygen atoms in total. The minimum absolute atomic E-state index is 0.396. The molecule has 2 amide bonds. The maximum atomic E-state index is 10.9. The Morgan fingerprint density at radius 3 is 2.94 bits per heavy atom. The van der Waals surface area contributed by atoms with E-state index in [4.69, 9.17) is 5.73 Å². The van der Waals surface area contributed by atoms with Crippen LogP contribution in [0.3, 0.4) is 0 Å². The molecule has 2 aromatic rings. The third kappa shape index (κ3) is 2.46. The molecule has 0 saturated heterocycles. The summed E-state index contributed by atoms with van der Waals surface area (Å²) in [5.74, 6) is 0. The molecule has 84 valence electrons. The number of nitrogens with zero attached hydrogens (tertiary/aromatic N) is 1. The quantitative estimate of drug-likeness (QED) is 0.835. The van der Waals surface area contributed by atoms with E-state index in [1.54, 1.807) is 18.4 Å². The minimum Gasteiger partial charge on any atom is -0.351 e. The van der Waals surface area contributed by atoms with Crippen molar-refractivity contribution in [1.82, 2.24) is 4.90 Å². The molecular weight excluding hydrogens is 335 g/mol. The van der Waals surface area contributed by atoms with Gasteiger partial charge in [-0.25, -0.2) is 4.79 Å². The van der Waals surface area contributed by atoms with Crippen molar-refractivity contribution in [3.8, 4) is 0 Å². The smallest absolute Gasteiger partial charge is 0.314 e. The largest absolute Gasteiger partial charge is 0.351 e. The molecule has 16 heavy (non-hydrogen) atoms. The summed E-state index contributed by atoms with van der Waals surface area (Å²) >= 11 is 3.99. The van der Waals surface area contributed by atoms with Gasteiger partial charge in [0.15, 0.2) is 0 Å². The van der Waals surface area contributed by atoms with Crippen molar-refractivity contribution in [2.24, 2.45) is 5.73 Å². The lowest BCUT2D eigenvalue weighted by Gasteiger charge is -2.11. The first-order valence-corrected chi connectivity index (χ1v) is 6.64. The van der Waals surface area contributed by atoms with Crippen LogP contribution in [0.5, 0.6) is 0 Å². The number of rotatable bonds is 2. The average molecular weight is 346 g/mol. The highest BCUT2D eigenvalue weighted by atomic mass is 127. The summed E-state index contributed by atoms with van der Waals surface area (Å²) in [6.45, 7) is 0.575. The van der Waals surface area contributed by atoms with Crippen molar-refractivity contribution >= 4 is 50.0 Å². The zero-order chi connectivity index (χ0) is 11.7. The molecule has 2 N–H and O–H groups in total. The molecule has 0 atom stereocenters. The summed E-state index contributed by atoms with van der Waals surface area (Å²) in [4.78, 5) is 13.6. The number of amides is 2. The fraction of sp³-hybridized carbons (Fsp3) is 0.182. The van der Waals surface area contributed by atoms with E-state index >= 15 is 0 Å². The van der Waals surface area contributed by atoms with Gasteiger partial charge in [-0.3, -0.25) is 0 Å². The lowest BCUT2D eigenvalue weighted by atomic mass is 10.2. The number of primary amides is 1. The maximum absolute atomic E-state index is 10.9. The summed E-state index contributed by atoms with van der Waals surface area (Å²) in [6.07, 6.45) is 0. The van der Waals surface area contributed by atoms with Crippen molar-refractivity contribution in [1.29, 1.82) is 0 Å². The highest BCUT2D eigenvalue weighted by molar-refractivity contribution is 14.1. The topological polar surface area (TPSA) is 46.3 Å². The standard InChI is InChI=1S/C11H11IN2OS/c1-14(11(13)15)6-9-5-7-4-8(12)2-3-10(7)16-9/h2-5H,6H2,1H3,(H2,13,15). The first-order valence-electron chi connectivity index (χ1n) is 4.75. The van der Waals surface area contributed by atoms with Crippen LogP contribution in [0.1, 0.15) is 4.88 Å². The van der Waals surface area contributed by atoms with Crippen LogP contribution in [0.4, 0.5) is 4.79 Å². The van der Waals surface area contributed by atoms with Gasteiger partial charge in [0.05, 0.1) is 6.54 Å². The van der Waals surface area contributed by atoms with Crippen LogP contribution in [0.2, 0.25) is 0 Å². The molecular formula is C11H11IN2OS. The Labute approximate surface area is 111 Å². The highest BCUT2D eigenvalue weighted by Gasteiger charge is 2.07. The van der Waals surface area contributed by atoms with E-state index in [0.29, 0.717) is 6.54 Å². The van der Waals surface area contributed by atoms with Gasteiger partial charge in [-0.2, -0.15) is 0 Å². The third-order valence-corrected chi connectivity index (χ3v) is 4.07. The zero-order valence-electron chi connectivity index (χ0n) is 8.74. The molecule has 0 unspecified atom stereocenters. The van der Waals surface area contributed by atoms with Gasteiger partial charge in [0.2, 0.25) is 0 Å². The van der Waals surface area contributed by atoms with Crippen molar-refractivity contribution in [3.05, 3.63) is 32.7 Å². The Bertz CT molecular complexity index is 538. The second-order valence-corrected chi connectivity index (χ2v) is 6.00. The van der Waals surface area contributed by atoms with Gasteiger partial charge in [0.25, 0.3) is 0 Å². The summed E-state index contributed by atoms with van der Waals surface area (Å²) in [5.41, 5.74) is 5.19. The summed E-state index contributed by atoms with van der Waals surface area (Å²) in [7, 11) is 1.70. The molecule has 0 aliphatic rings. The van der Waals surface area contributed by atoms with E-state index in [9.17, 15) is 4.79 Å². The second-order valence-electron chi connectivity index (χ2n) is 3.59. The molecule has 1 aromatic heterocycles. The van der Waals surface area contributed by atoms with Crippen LogP contribution >= 0.6 is 33.9 Å². The Morgan fingerprint density at radius 1 is 1.50 bits per heavy atom. The van der Waals surface area contributed by atoms with Gasteiger partial charge < -0.3 is 10.6 Å². The second kappa shape index (κ2) is 4.58. The summed E-state index contributed by atoms with van der Waals surface area (Å²) in [6, 6.07) is 8.05. The first kappa shape index (κ1) is 11.7. The van der Waals surface area contributed by atoms with Crippen molar-refractivity contribution in [2.75, 3.05) is 7.05 Å². The van der Waals surface area contributed by atoms with Crippen LogP contribution in [0.25, 0.3) is 10.1 Å². The fourth-order valence-corrected chi connectivity index (χ4v) is 3.07. The van der Waals surface area contributed by atoms with E-state index in [1.165, 1.54) is 18.6 Å². The van der Waals surface area contributed by atoms with E-state index in [1.807, 2.05) is 0 Å². The van der Waals surface area contributed by atoms with E-state index in [2.05, 4.69) is 46.9 Å². The number of thiophene rings is 1. The Kier molecular flexibility index (Phi) is 3.34. The van der Waals surface area contributed by atoms with Crippen LogP contribution < -0.4 is 5.73 Å². The Morgan fingerprint density at radius 2 is 2.25 bits per heavy atom. The van der Waals surface area contributed by atoms with Gasteiger partial charge in [0.1, 0.15) is 0 Å². The molecule has 0 spiro atoms. The molecule has 0 fully saturated rings. The number of carbonyl (C=O) groups excluding carboxylic acids is 1. The summed E-state index contributed by atoms with van der Waals surface area (Å²) in [5, 5.41) is 1.23. The van der Waals surface area contributed by atoms with Crippen LogP contribution in [0, 0.1) is 3.57 Å². The minimum atomic E-state index is -0.396. The van der Waals surface area contributed by atoms with Gasteiger partial charge in [-0.1, -0.05) is 0 Å².